The van der Waals surface area contributed by atoms with Crippen molar-refractivity contribution >= 4 is 23.5 Å². The van der Waals surface area contributed by atoms with Crippen molar-refractivity contribution in [2.75, 3.05) is 38.6 Å². The molecule has 0 saturated carbocycles. The zero-order valence-electron chi connectivity index (χ0n) is 15.7. The van der Waals surface area contributed by atoms with Gasteiger partial charge in [0.05, 0.1) is 13.7 Å². The maximum Gasteiger partial charge on any atom is 0.321 e. The van der Waals surface area contributed by atoms with Gasteiger partial charge in [-0.1, -0.05) is 19.4 Å². The van der Waals surface area contributed by atoms with Crippen LogP contribution in [0.3, 0.4) is 0 Å². The summed E-state index contributed by atoms with van der Waals surface area (Å²) in [5, 5.41) is 7.68. The first kappa shape index (κ1) is 21.4. The summed E-state index contributed by atoms with van der Waals surface area (Å²) in [6.45, 7) is 5.17. The predicted octanol–water partition coefficient (Wildman–Crippen LogP) is 0.164. The van der Waals surface area contributed by atoms with Crippen LogP contribution in [-0.4, -0.2) is 51.1 Å². The molecule has 1 aromatic carbocycles. The van der Waals surface area contributed by atoms with Crippen LogP contribution in [0.25, 0.3) is 0 Å². The van der Waals surface area contributed by atoms with E-state index in [4.69, 9.17) is 4.74 Å². The third-order valence-electron chi connectivity index (χ3n) is 3.74. The fourth-order valence-corrected chi connectivity index (χ4v) is 2.27. The summed E-state index contributed by atoms with van der Waals surface area (Å²) in [6, 6.07) is 6.55. The normalized spacial score (nSPS) is 11.3. The van der Waals surface area contributed by atoms with Crippen LogP contribution in [0.1, 0.15) is 26.7 Å². The Labute approximate surface area is 154 Å². The van der Waals surface area contributed by atoms with E-state index in [0.717, 1.165) is 17.7 Å². The standard InChI is InChI=1S/C18H28N4O4/c1-4-6-10-19-18(25)21-17(24)13-22(5-2)12-16(23)20-14-8-7-9-15(11-14)26-3/h7-9,11H,4-6,10,12-13H2,1-3H3,(H,20,23)(H2,19,21,24,25)/p+1. The van der Waals surface area contributed by atoms with E-state index in [1.165, 1.54) is 0 Å². The predicted molar refractivity (Wildman–Crippen MR) is 99.3 cm³/mol. The maximum atomic E-state index is 12.2. The van der Waals surface area contributed by atoms with E-state index >= 15 is 0 Å². The molecule has 1 atom stereocenters. The Balaban J connectivity index is 2.43. The SMILES string of the molecule is CCCCNC(=O)NC(=O)C[NH+](CC)CC(=O)Nc1cccc(OC)c1. The highest BCUT2D eigenvalue weighted by Crippen LogP contribution is 2.16. The summed E-state index contributed by atoms with van der Waals surface area (Å²) in [4.78, 5) is 36.4. The molecular weight excluding hydrogens is 336 g/mol. The number of methoxy groups -OCH3 is 1. The summed E-state index contributed by atoms with van der Waals surface area (Å²) in [6.07, 6.45) is 1.82. The zero-order valence-corrected chi connectivity index (χ0v) is 15.7. The van der Waals surface area contributed by atoms with Gasteiger partial charge in [0.2, 0.25) is 0 Å². The van der Waals surface area contributed by atoms with Crippen molar-refractivity contribution in [3.05, 3.63) is 24.3 Å². The van der Waals surface area contributed by atoms with Crippen LogP contribution in [0.2, 0.25) is 0 Å². The first-order valence-corrected chi connectivity index (χ1v) is 8.83. The number of carbonyl (C=O) groups is 3. The molecule has 0 spiro atoms. The second kappa shape index (κ2) is 11.9. The van der Waals surface area contributed by atoms with E-state index in [2.05, 4.69) is 16.0 Å². The van der Waals surface area contributed by atoms with Gasteiger partial charge >= 0.3 is 6.03 Å². The molecular formula is C18H29N4O4+. The Bertz CT molecular complexity index is 607. The molecule has 0 bridgehead atoms. The number of rotatable bonds is 10. The Morgan fingerprint density at radius 2 is 1.85 bits per heavy atom. The van der Waals surface area contributed by atoms with Gasteiger partial charge in [-0.2, -0.15) is 0 Å². The van der Waals surface area contributed by atoms with Gasteiger partial charge < -0.3 is 20.3 Å². The number of ether oxygens (including phenoxy) is 1. The van der Waals surface area contributed by atoms with Crippen LogP contribution in [0.5, 0.6) is 5.75 Å². The zero-order chi connectivity index (χ0) is 19.4. The number of anilines is 1. The second-order valence-corrected chi connectivity index (χ2v) is 5.89. The molecule has 0 aliphatic rings. The number of amides is 4. The molecule has 144 valence electrons. The molecule has 0 radical (unpaired) electrons. The van der Waals surface area contributed by atoms with Gasteiger partial charge in [0.1, 0.15) is 5.75 Å². The highest BCUT2D eigenvalue weighted by Gasteiger charge is 2.18. The lowest BCUT2D eigenvalue weighted by molar-refractivity contribution is -0.881. The molecule has 1 aromatic rings. The average Bonchev–Trinajstić information content (AvgIpc) is 2.61. The largest absolute Gasteiger partial charge is 0.497 e. The molecule has 0 aliphatic carbocycles. The fraction of sp³-hybridized carbons (Fsp3) is 0.500. The van der Waals surface area contributed by atoms with E-state index in [0.29, 0.717) is 24.5 Å². The Hall–Kier alpha value is -2.61. The molecule has 0 aromatic heterocycles. The lowest BCUT2D eigenvalue weighted by Crippen LogP contribution is -3.14. The smallest absolute Gasteiger partial charge is 0.321 e. The van der Waals surface area contributed by atoms with E-state index in [9.17, 15) is 14.4 Å². The molecule has 0 fully saturated rings. The third kappa shape index (κ3) is 8.48. The second-order valence-electron chi connectivity index (χ2n) is 5.89. The minimum absolute atomic E-state index is 0.0449. The summed E-state index contributed by atoms with van der Waals surface area (Å²) in [5.74, 6) is 0.0243. The van der Waals surface area contributed by atoms with Gasteiger partial charge in [-0.05, 0) is 25.5 Å². The van der Waals surface area contributed by atoms with Gasteiger partial charge in [-0.25, -0.2) is 4.79 Å². The van der Waals surface area contributed by atoms with Crippen LogP contribution < -0.4 is 25.6 Å². The van der Waals surface area contributed by atoms with Crippen molar-refractivity contribution in [1.29, 1.82) is 0 Å². The summed E-state index contributed by atoms with van der Waals surface area (Å²) < 4.78 is 5.12. The number of carbonyl (C=O) groups excluding carboxylic acids is 3. The van der Waals surface area contributed by atoms with Crippen LogP contribution in [-0.2, 0) is 9.59 Å². The molecule has 8 heteroatoms. The van der Waals surface area contributed by atoms with E-state index in [1.54, 1.807) is 31.4 Å². The Morgan fingerprint density at radius 3 is 2.50 bits per heavy atom. The van der Waals surface area contributed by atoms with Crippen LogP contribution in [0.15, 0.2) is 24.3 Å². The van der Waals surface area contributed by atoms with Crippen LogP contribution in [0, 0.1) is 0 Å². The van der Waals surface area contributed by atoms with Gasteiger partial charge in [-0.15, -0.1) is 0 Å². The number of unbranched alkanes of at least 4 members (excludes halogenated alkanes) is 1. The Kier molecular flexibility index (Phi) is 9.78. The number of likely N-dealkylation sites (N-methyl/N-ethyl adjacent to an activating group) is 1. The average molecular weight is 365 g/mol. The van der Waals surface area contributed by atoms with Crippen LogP contribution >= 0.6 is 0 Å². The Morgan fingerprint density at radius 1 is 1.12 bits per heavy atom. The van der Waals surface area contributed by atoms with E-state index in [-0.39, 0.29) is 19.0 Å². The van der Waals surface area contributed by atoms with Gasteiger partial charge in [0.25, 0.3) is 11.8 Å². The summed E-state index contributed by atoms with van der Waals surface area (Å²) >= 11 is 0. The molecule has 1 unspecified atom stereocenters. The van der Waals surface area contributed by atoms with Gasteiger partial charge in [-0.3, -0.25) is 14.9 Å². The van der Waals surface area contributed by atoms with Crippen molar-refractivity contribution in [1.82, 2.24) is 10.6 Å². The lowest BCUT2D eigenvalue weighted by Gasteiger charge is -2.17. The quantitative estimate of drug-likeness (QED) is 0.444. The number of hydrogen-bond donors (Lipinski definition) is 4. The number of benzene rings is 1. The molecule has 26 heavy (non-hydrogen) atoms. The first-order chi connectivity index (χ1) is 12.5. The number of quaternary nitrogens is 1. The van der Waals surface area contributed by atoms with Gasteiger partial charge in [0.15, 0.2) is 13.1 Å². The number of urea groups is 1. The van der Waals surface area contributed by atoms with Gasteiger partial charge in [0, 0.05) is 18.3 Å². The molecule has 4 N–H and O–H groups in total. The number of nitrogens with one attached hydrogen (secondary N) is 4. The minimum Gasteiger partial charge on any atom is -0.497 e. The first-order valence-electron chi connectivity index (χ1n) is 8.83. The monoisotopic (exact) mass is 365 g/mol. The third-order valence-corrected chi connectivity index (χ3v) is 3.74. The van der Waals surface area contributed by atoms with Crippen molar-refractivity contribution in [3.8, 4) is 5.75 Å². The summed E-state index contributed by atoms with van der Waals surface area (Å²) in [7, 11) is 1.56. The summed E-state index contributed by atoms with van der Waals surface area (Å²) in [5.41, 5.74) is 0.629. The van der Waals surface area contributed by atoms with Crippen molar-refractivity contribution in [2.45, 2.75) is 26.7 Å². The fourth-order valence-electron chi connectivity index (χ4n) is 2.27. The highest BCUT2D eigenvalue weighted by atomic mass is 16.5. The minimum atomic E-state index is -0.500. The molecule has 8 nitrogen and oxygen atoms in total. The van der Waals surface area contributed by atoms with Crippen molar-refractivity contribution in [2.24, 2.45) is 0 Å². The molecule has 0 aliphatic heterocycles. The lowest BCUT2D eigenvalue weighted by atomic mass is 10.3. The topological polar surface area (TPSA) is 101 Å². The maximum absolute atomic E-state index is 12.2. The molecule has 0 heterocycles. The molecule has 0 saturated heterocycles. The highest BCUT2D eigenvalue weighted by molar-refractivity contribution is 5.95. The van der Waals surface area contributed by atoms with E-state index < -0.39 is 11.9 Å². The van der Waals surface area contributed by atoms with Crippen LogP contribution in [0.4, 0.5) is 10.5 Å². The van der Waals surface area contributed by atoms with Crippen molar-refractivity contribution < 1.29 is 24.0 Å². The van der Waals surface area contributed by atoms with E-state index in [1.807, 2.05) is 13.8 Å². The number of imide groups is 1. The number of hydrogen-bond acceptors (Lipinski definition) is 4. The molecule has 1 rings (SSSR count). The van der Waals surface area contributed by atoms with Crippen molar-refractivity contribution in [3.63, 3.8) is 0 Å². The molecule has 4 amide bonds.